The lowest BCUT2D eigenvalue weighted by molar-refractivity contribution is 0.110. The van der Waals surface area contributed by atoms with Gasteiger partial charge in [0.15, 0.2) is 4.30 Å². The van der Waals surface area contributed by atoms with Crippen molar-refractivity contribution in [2.75, 3.05) is 19.8 Å². The van der Waals surface area contributed by atoms with E-state index in [0.717, 1.165) is 38.5 Å². The molecule has 0 spiro atoms. The Morgan fingerprint density at radius 2 is 1.00 bits per heavy atom. The van der Waals surface area contributed by atoms with E-state index in [0.29, 0.717) is 19.8 Å². The van der Waals surface area contributed by atoms with Crippen molar-refractivity contribution in [3.8, 4) is 0 Å². The summed E-state index contributed by atoms with van der Waals surface area (Å²) >= 11 is 14.4. The average molecular weight is 386 g/mol. The zero-order chi connectivity index (χ0) is 16.6. The molecule has 0 amide bonds. The number of unbranched alkanes of at least 4 members (excludes halogenated alkanes) is 3. The third-order valence-corrected chi connectivity index (χ3v) is 3.74. The van der Waals surface area contributed by atoms with Gasteiger partial charge in [-0.25, -0.2) is 4.57 Å². The lowest BCUT2D eigenvalue weighted by Gasteiger charge is -2.17. The zero-order valence-corrected chi connectivity index (χ0v) is 16.3. The van der Waals surface area contributed by atoms with Crippen LogP contribution in [0.1, 0.15) is 59.3 Å². The molecule has 0 aromatic carbocycles. The van der Waals surface area contributed by atoms with Gasteiger partial charge in [-0.3, -0.25) is 13.6 Å². The maximum Gasteiger partial charge on any atom is 0.474 e. The highest BCUT2D eigenvalue weighted by Gasteiger charge is 2.25. The first-order valence-electron chi connectivity index (χ1n) is 7.37. The van der Waals surface area contributed by atoms with Gasteiger partial charge in [-0.1, -0.05) is 74.8 Å². The minimum Gasteiger partial charge on any atom is -0.287 e. The SMILES string of the molecule is CCCCOP(=O)(OCCCC)OCCCC.ClC(Cl)Cl. The summed E-state index contributed by atoms with van der Waals surface area (Å²) in [5.41, 5.74) is 0. The van der Waals surface area contributed by atoms with Gasteiger partial charge in [0.1, 0.15) is 0 Å². The van der Waals surface area contributed by atoms with Crippen LogP contribution in [0.5, 0.6) is 0 Å². The van der Waals surface area contributed by atoms with Gasteiger partial charge < -0.3 is 0 Å². The molecule has 0 saturated heterocycles. The fraction of sp³-hybridized carbons (Fsp3) is 1.00. The predicted octanol–water partition coefficient (Wildman–Crippen LogP) is 6.53. The Morgan fingerprint density at radius 1 is 0.762 bits per heavy atom. The predicted molar refractivity (Wildman–Crippen MR) is 91.5 cm³/mol. The van der Waals surface area contributed by atoms with Crippen molar-refractivity contribution in [1.82, 2.24) is 0 Å². The van der Waals surface area contributed by atoms with Gasteiger partial charge in [0.25, 0.3) is 0 Å². The van der Waals surface area contributed by atoms with E-state index in [1.165, 1.54) is 0 Å². The standard InChI is InChI=1S/C12H27O4P.CHCl3/c1-4-7-10-14-17(13,15-11-8-5-2)16-12-9-6-3;2-1(3)4/h4-12H2,1-3H3;1H. The van der Waals surface area contributed by atoms with Gasteiger partial charge in [0.05, 0.1) is 19.8 Å². The van der Waals surface area contributed by atoms with Gasteiger partial charge in [-0.2, -0.15) is 0 Å². The van der Waals surface area contributed by atoms with Crippen LogP contribution in [0.4, 0.5) is 0 Å². The summed E-state index contributed by atoms with van der Waals surface area (Å²) in [6.45, 7) is 7.49. The van der Waals surface area contributed by atoms with E-state index >= 15 is 0 Å². The summed E-state index contributed by atoms with van der Waals surface area (Å²) in [5, 5.41) is 0. The number of halogens is 3. The summed E-state index contributed by atoms with van der Waals surface area (Å²) < 4.78 is 27.2. The quantitative estimate of drug-likeness (QED) is 0.217. The maximum atomic E-state index is 12.2. The molecule has 130 valence electrons. The van der Waals surface area contributed by atoms with Crippen molar-refractivity contribution in [2.45, 2.75) is 63.6 Å². The Balaban J connectivity index is 0. The molecule has 0 radical (unpaired) electrons. The number of rotatable bonds is 12. The normalized spacial score (nSPS) is 11.4. The summed E-state index contributed by atoms with van der Waals surface area (Å²) in [4.78, 5) is 0. The summed E-state index contributed by atoms with van der Waals surface area (Å²) in [7, 11) is -3.31. The lowest BCUT2D eigenvalue weighted by Crippen LogP contribution is -2.03. The van der Waals surface area contributed by atoms with Crippen molar-refractivity contribution >= 4 is 42.6 Å². The first-order chi connectivity index (χ1) is 9.91. The molecule has 0 aromatic rings. The van der Waals surface area contributed by atoms with Crippen molar-refractivity contribution in [3.63, 3.8) is 0 Å². The van der Waals surface area contributed by atoms with Crippen molar-refractivity contribution in [1.29, 1.82) is 0 Å². The minimum absolute atomic E-state index is 0.437. The Hall–Kier alpha value is 0.980. The first kappa shape index (κ1) is 24.2. The molecule has 0 rings (SSSR count). The average Bonchev–Trinajstić information content (AvgIpc) is 2.39. The zero-order valence-electron chi connectivity index (χ0n) is 13.2. The highest BCUT2D eigenvalue weighted by atomic mass is 35.6. The number of hydrogen-bond donors (Lipinski definition) is 0. The second-order valence-corrected chi connectivity index (χ2v) is 7.90. The molecule has 0 unspecified atom stereocenters. The van der Waals surface area contributed by atoms with Crippen LogP contribution in [0.15, 0.2) is 0 Å². The van der Waals surface area contributed by atoms with Crippen LogP contribution in [-0.2, 0) is 18.1 Å². The monoisotopic (exact) mass is 384 g/mol. The molecular formula is C13H28Cl3O4P. The van der Waals surface area contributed by atoms with E-state index in [1.807, 2.05) is 0 Å². The van der Waals surface area contributed by atoms with Gasteiger partial charge in [0, 0.05) is 0 Å². The Labute approximate surface area is 144 Å². The summed E-state index contributed by atoms with van der Waals surface area (Å²) in [6.07, 6.45) is 5.63. The summed E-state index contributed by atoms with van der Waals surface area (Å²) in [5.74, 6) is 0. The molecule has 21 heavy (non-hydrogen) atoms. The number of phosphoric acid groups is 1. The number of phosphoric ester groups is 1. The molecule has 0 aliphatic heterocycles. The smallest absolute Gasteiger partial charge is 0.287 e. The second-order valence-electron chi connectivity index (χ2n) is 4.25. The van der Waals surface area contributed by atoms with E-state index in [9.17, 15) is 4.57 Å². The van der Waals surface area contributed by atoms with Gasteiger partial charge in [0.2, 0.25) is 0 Å². The third-order valence-electron chi connectivity index (χ3n) is 2.24. The largest absolute Gasteiger partial charge is 0.474 e. The van der Waals surface area contributed by atoms with Crippen LogP contribution < -0.4 is 0 Å². The highest BCUT2D eigenvalue weighted by Crippen LogP contribution is 2.49. The molecule has 0 N–H and O–H groups in total. The van der Waals surface area contributed by atoms with Crippen LogP contribution >= 0.6 is 42.6 Å². The van der Waals surface area contributed by atoms with Crippen LogP contribution in [0.25, 0.3) is 0 Å². The molecule has 0 fully saturated rings. The van der Waals surface area contributed by atoms with E-state index in [4.69, 9.17) is 48.4 Å². The van der Waals surface area contributed by atoms with E-state index in [2.05, 4.69) is 20.8 Å². The second kappa shape index (κ2) is 17.3. The Morgan fingerprint density at radius 3 is 1.19 bits per heavy atom. The molecular weight excluding hydrogens is 357 g/mol. The fourth-order valence-electron chi connectivity index (χ4n) is 1.07. The van der Waals surface area contributed by atoms with Crippen molar-refractivity contribution < 1.29 is 18.1 Å². The molecule has 0 saturated carbocycles. The first-order valence-corrected chi connectivity index (χ1v) is 10.1. The van der Waals surface area contributed by atoms with Gasteiger partial charge in [-0.15, -0.1) is 0 Å². The highest BCUT2D eigenvalue weighted by molar-refractivity contribution is 7.48. The lowest BCUT2D eigenvalue weighted by atomic mass is 10.4. The maximum absolute atomic E-state index is 12.2. The third kappa shape index (κ3) is 21.0. The Bertz CT molecular complexity index is 220. The number of hydrogen-bond acceptors (Lipinski definition) is 4. The molecule has 8 heteroatoms. The molecule has 0 aliphatic carbocycles. The molecule has 0 heterocycles. The number of alkyl halides is 3. The molecule has 0 bridgehead atoms. The Kier molecular flexibility index (Phi) is 20.0. The molecule has 4 nitrogen and oxygen atoms in total. The van der Waals surface area contributed by atoms with Crippen molar-refractivity contribution in [3.05, 3.63) is 0 Å². The minimum atomic E-state index is -3.31. The van der Waals surface area contributed by atoms with Crippen LogP contribution in [0, 0.1) is 0 Å². The van der Waals surface area contributed by atoms with E-state index in [1.54, 1.807) is 0 Å². The van der Waals surface area contributed by atoms with Gasteiger partial charge >= 0.3 is 7.82 Å². The topological polar surface area (TPSA) is 44.8 Å². The van der Waals surface area contributed by atoms with E-state index in [-0.39, 0.29) is 0 Å². The molecule has 0 aromatic heterocycles. The van der Waals surface area contributed by atoms with E-state index < -0.39 is 12.1 Å². The molecule has 0 aliphatic rings. The van der Waals surface area contributed by atoms with Crippen LogP contribution in [0.3, 0.4) is 0 Å². The van der Waals surface area contributed by atoms with Crippen molar-refractivity contribution in [2.24, 2.45) is 0 Å². The van der Waals surface area contributed by atoms with Crippen LogP contribution in [-0.4, -0.2) is 24.1 Å². The summed E-state index contributed by atoms with van der Waals surface area (Å²) in [6, 6.07) is 0. The van der Waals surface area contributed by atoms with Crippen LogP contribution in [0.2, 0.25) is 0 Å². The fourth-order valence-corrected chi connectivity index (χ4v) is 2.36. The molecule has 0 atom stereocenters. The van der Waals surface area contributed by atoms with Gasteiger partial charge in [-0.05, 0) is 19.3 Å².